The maximum atomic E-state index is 10.9. The average Bonchev–Trinajstić information content (AvgIpc) is 2.56. The summed E-state index contributed by atoms with van der Waals surface area (Å²) in [4.78, 5) is 11.4. The number of thiophene rings is 1. The molecule has 3 nitrogen and oxygen atoms in total. The molecule has 0 fully saturated rings. The van der Waals surface area contributed by atoms with Gasteiger partial charge >= 0.3 is 0 Å². The van der Waals surface area contributed by atoms with Crippen LogP contribution in [0.25, 0.3) is 5.76 Å². The number of carbonyl (C=O) groups is 1. The Balaban J connectivity index is 3.19. The Morgan fingerprint density at radius 1 is 1.69 bits per heavy atom. The molecule has 0 saturated heterocycles. The second-order valence-electron chi connectivity index (χ2n) is 2.37. The Hall–Kier alpha value is -1.60. The van der Waals surface area contributed by atoms with E-state index < -0.39 is 5.78 Å². The van der Waals surface area contributed by atoms with E-state index in [0.29, 0.717) is 4.88 Å². The number of nitriles is 1. The van der Waals surface area contributed by atoms with E-state index in [0.717, 1.165) is 0 Å². The molecular formula is C9H7NO2S. The molecule has 0 aromatic carbocycles. The van der Waals surface area contributed by atoms with Crippen LogP contribution in [0.4, 0.5) is 0 Å². The summed E-state index contributed by atoms with van der Waals surface area (Å²) in [5, 5.41) is 19.8. The van der Waals surface area contributed by atoms with E-state index >= 15 is 0 Å². The lowest BCUT2D eigenvalue weighted by Gasteiger charge is -1.96. The number of aliphatic hydroxyl groups excluding tert-OH is 1. The third-order valence-corrected chi connectivity index (χ3v) is 2.33. The van der Waals surface area contributed by atoms with Crippen LogP contribution in [-0.4, -0.2) is 10.9 Å². The van der Waals surface area contributed by atoms with Crippen molar-refractivity contribution in [2.24, 2.45) is 0 Å². The van der Waals surface area contributed by atoms with E-state index in [9.17, 15) is 9.90 Å². The van der Waals surface area contributed by atoms with Gasteiger partial charge in [-0.15, -0.1) is 11.3 Å². The van der Waals surface area contributed by atoms with Crippen molar-refractivity contribution in [1.29, 1.82) is 5.26 Å². The molecule has 0 radical (unpaired) electrons. The molecule has 1 aromatic rings. The number of ketones is 1. The van der Waals surface area contributed by atoms with Gasteiger partial charge in [-0.3, -0.25) is 4.79 Å². The SMILES string of the molecule is CC(=O)C(C#N)=C(O)c1cccs1. The van der Waals surface area contributed by atoms with Crippen molar-refractivity contribution in [3.63, 3.8) is 0 Å². The fraction of sp³-hybridized carbons (Fsp3) is 0.111. The molecule has 66 valence electrons. The number of hydrogen-bond donors (Lipinski definition) is 1. The second kappa shape index (κ2) is 3.87. The third-order valence-electron chi connectivity index (χ3n) is 1.46. The average molecular weight is 193 g/mol. The first-order valence-corrected chi connectivity index (χ1v) is 4.43. The van der Waals surface area contributed by atoms with Crippen molar-refractivity contribution in [3.05, 3.63) is 28.0 Å². The van der Waals surface area contributed by atoms with Crippen LogP contribution in [0.1, 0.15) is 11.8 Å². The lowest BCUT2D eigenvalue weighted by atomic mass is 10.1. The van der Waals surface area contributed by atoms with Gasteiger partial charge in [0, 0.05) is 6.92 Å². The normalized spacial score (nSPS) is 11.7. The van der Waals surface area contributed by atoms with Gasteiger partial charge in [0.25, 0.3) is 0 Å². The lowest BCUT2D eigenvalue weighted by Crippen LogP contribution is -1.97. The molecule has 0 bridgehead atoms. The van der Waals surface area contributed by atoms with Gasteiger partial charge in [-0.05, 0) is 11.4 Å². The number of aliphatic hydroxyl groups is 1. The van der Waals surface area contributed by atoms with Crippen LogP contribution in [0.2, 0.25) is 0 Å². The smallest absolute Gasteiger partial charge is 0.174 e. The quantitative estimate of drug-likeness (QED) is 0.444. The van der Waals surface area contributed by atoms with E-state index in [1.807, 2.05) is 0 Å². The summed E-state index contributed by atoms with van der Waals surface area (Å²) >= 11 is 1.28. The molecule has 0 unspecified atom stereocenters. The van der Waals surface area contributed by atoms with E-state index in [-0.39, 0.29) is 11.3 Å². The van der Waals surface area contributed by atoms with Crippen molar-refractivity contribution in [2.45, 2.75) is 6.92 Å². The number of hydrogen-bond acceptors (Lipinski definition) is 4. The predicted octanol–water partition coefficient (Wildman–Crippen LogP) is 2.13. The van der Waals surface area contributed by atoms with E-state index in [1.54, 1.807) is 23.6 Å². The highest BCUT2D eigenvalue weighted by Gasteiger charge is 2.12. The van der Waals surface area contributed by atoms with Crippen LogP contribution in [0, 0.1) is 11.3 Å². The first-order valence-electron chi connectivity index (χ1n) is 3.55. The van der Waals surface area contributed by atoms with Gasteiger partial charge in [0.05, 0.1) is 4.88 Å². The zero-order chi connectivity index (χ0) is 9.84. The fourth-order valence-electron chi connectivity index (χ4n) is 0.835. The number of carbonyl (C=O) groups excluding carboxylic acids is 1. The van der Waals surface area contributed by atoms with Gasteiger partial charge < -0.3 is 5.11 Å². The lowest BCUT2D eigenvalue weighted by molar-refractivity contribution is -0.113. The van der Waals surface area contributed by atoms with Crippen LogP contribution < -0.4 is 0 Å². The topological polar surface area (TPSA) is 61.1 Å². The first kappa shape index (κ1) is 9.49. The van der Waals surface area contributed by atoms with Crippen LogP contribution in [0.5, 0.6) is 0 Å². The van der Waals surface area contributed by atoms with E-state index in [2.05, 4.69) is 0 Å². The van der Waals surface area contributed by atoms with Crippen molar-refractivity contribution in [3.8, 4) is 6.07 Å². The van der Waals surface area contributed by atoms with Crippen molar-refractivity contribution >= 4 is 22.9 Å². The van der Waals surface area contributed by atoms with Gasteiger partial charge in [-0.1, -0.05) is 6.07 Å². The Bertz CT molecular complexity index is 384. The minimum absolute atomic E-state index is 0.192. The zero-order valence-corrected chi connectivity index (χ0v) is 7.76. The highest BCUT2D eigenvalue weighted by molar-refractivity contribution is 7.11. The maximum absolute atomic E-state index is 10.9. The van der Waals surface area contributed by atoms with Crippen molar-refractivity contribution < 1.29 is 9.90 Å². The molecule has 1 aromatic heterocycles. The molecule has 13 heavy (non-hydrogen) atoms. The molecular weight excluding hydrogens is 186 g/mol. The van der Waals surface area contributed by atoms with Crippen LogP contribution >= 0.6 is 11.3 Å². The van der Waals surface area contributed by atoms with Crippen LogP contribution in [0.3, 0.4) is 0 Å². The van der Waals surface area contributed by atoms with E-state index in [1.165, 1.54) is 18.3 Å². The summed E-state index contributed by atoms with van der Waals surface area (Å²) in [6, 6.07) is 5.07. The molecule has 4 heteroatoms. The Morgan fingerprint density at radius 3 is 2.77 bits per heavy atom. The molecule has 0 atom stereocenters. The number of rotatable bonds is 2. The molecule has 1 heterocycles. The Kier molecular flexibility index (Phi) is 2.83. The van der Waals surface area contributed by atoms with Crippen molar-refractivity contribution in [1.82, 2.24) is 0 Å². The van der Waals surface area contributed by atoms with E-state index in [4.69, 9.17) is 5.26 Å². The molecule has 0 spiro atoms. The van der Waals surface area contributed by atoms with Crippen LogP contribution in [0.15, 0.2) is 23.1 Å². The molecule has 0 amide bonds. The van der Waals surface area contributed by atoms with Crippen LogP contribution in [-0.2, 0) is 4.79 Å². The van der Waals surface area contributed by atoms with Gasteiger partial charge in [0.15, 0.2) is 11.5 Å². The summed E-state index contributed by atoms with van der Waals surface area (Å²) in [5.41, 5.74) is -0.192. The molecule has 0 saturated carbocycles. The summed E-state index contributed by atoms with van der Waals surface area (Å²) in [7, 11) is 0. The highest BCUT2D eigenvalue weighted by Crippen LogP contribution is 2.20. The maximum Gasteiger partial charge on any atom is 0.174 e. The van der Waals surface area contributed by atoms with Gasteiger partial charge in [0.1, 0.15) is 11.6 Å². The largest absolute Gasteiger partial charge is 0.505 e. The number of allylic oxidation sites excluding steroid dienone is 1. The minimum Gasteiger partial charge on any atom is -0.505 e. The summed E-state index contributed by atoms with van der Waals surface area (Å²) in [6.07, 6.45) is 0. The molecule has 1 rings (SSSR count). The molecule has 0 aliphatic carbocycles. The summed E-state index contributed by atoms with van der Waals surface area (Å²) in [5.74, 6) is -0.654. The zero-order valence-electron chi connectivity index (χ0n) is 6.94. The minimum atomic E-state index is -0.423. The predicted molar refractivity (Wildman–Crippen MR) is 50.2 cm³/mol. The van der Waals surface area contributed by atoms with Gasteiger partial charge in [-0.25, -0.2) is 0 Å². The summed E-state index contributed by atoms with van der Waals surface area (Å²) in [6.45, 7) is 1.25. The molecule has 0 aliphatic rings. The Labute approximate surface area is 79.6 Å². The third kappa shape index (κ3) is 1.95. The highest BCUT2D eigenvalue weighted by atomic mass is 32.1. The van der Waals surface area contributed by atoms with Crippen molar-refractivity contribution in [2.75, 3.05) is 0 Å². The summed E-state index contributed by atoms with van der Waals surface area (Å²) < 4.78 is 0. The number of Topliss-reactive ketones (excluding diaryl/α,β-unsaturated/α-hetero) is 1. The van der Waals surface area contributed by atoms with Gasteiger partial charge in [-0.2, -0.15) is 5.26 Å². The molecule has 0 aliphatic heterocycles. The van der Waals surface area contributed by atoms with Gasteiger partial charge in [0.2, 0.25) is 0 Å². The first-order chi connectivity index (χ1) is 6.16. The standard InChI is InChI=1S/C9H7NO2S/c1-6(11)7(5-10)9(12)8-3-2-4-13-8/h2-4,12H,1H3. The number of nitrogens with zero attached hydrogens (tertiary/aromatic N) is 1. The monoisotopic (exact) mass is 193 g/mol. The second-order valence-corrected chi connectivity index (χ2v) is 3.32. The molecule has 1 N–H and O–H groups in total. The fourth-order valence-corrected chi connectivity index (χ4v) is 1.51. The Morgan fingerprint density at radius 2 is 2.38 bits per heavy atom.